The van der Waals surface area contributed by atoms with Crippen LogP contribution in [-0.4, -0.2) is 28.0 Å². The van der Waals surface area contributed by atoms with Gasteiger partial charge in [-0.05, 0) is 44.2 Å². The Morgan fingerprint density at radius 1 is 1.21 bits per heavy atom. The molecule has 2 aromatic rings. The quantitative estimate of drug-likeness (QED) is 0.487. The number of nitrogens with zero attached hydrogens (tertiary/aromatic N) is 1. The molecule has 0 radical (unpaired) electrons. The second-order valence-electron chi connectivity index (χ2n) is 6.86. The normalized spacial score (nSPS) is 10.8. The van der Waals surface area contributed by atoms with Crippen LogP contribution < -0.4 is 16.2 Å². The molecule has 0 unspecified atom stereocenters. The minimum atomic E-state index is -0.209. The van der Waals surface area contributed by atoms with Crippen molar-refractivity contribution in [3.8, 4) is 0 Å². The van der Waals surface area contributed by atoms with E-state index in [9.17, 15) is 14.4 Å². The SMILES string of the molecule is CSc1nc(C)c(CCC(=O)Nc2cc(NC(=O)C(C)C)ccc2C)c(=O)[nH]1. The molecule has 1 aromatic heterocycles. The molecule has 1 heterocycles. The average Bonchev–Trinajstić information content (AvgIpc) is 2.63. The number of rotatable bonds is 7. The zero-order valence-electron chi connectivity index (χ0n) is 16.8. The molecule has 7 nitrogen and oxygen atoms in total. The van der Waals surface area contributed by atoms with Crippen molar-refractivity contribution >= 4 is 35.0 Å². The van der Waals surface area contributed by atoms with Gasteiger partial charge < -0.3 is 15.6 Å². The summed E-state index contributed by atoms with van der Waals surface area (Å²) in [5, 5.41) is 6.24. The molecule has 0 saturated carbocycles. The molecule has 0 aliphatic carbocycles. The minimum Gasteiger partial charge on any atom is -0.326 e. The maximum atomic E-state index is 12.4. The van der Waals surface area contributed by atoms with E-state index in [1.807, 2.05) is 33.1 Å². The predicted octanol–water partition coefficient (Wildman–Crippen LogP) is 3.27. The molecule has 0 bridgehead atoms. The van der Waals surface area contributed by atoms with Crippen LogP contribution in [0.1, 0.15) is 37.1 Å². The van der Waals surface area contributed by atoms with Crippen LogP contribution in [0.4, 0.5) is 11.4 Å². The second kappa shape index (κ2) is 9.54. The molecule has 2 amide bonds. The van der Waals surface area contributed by atoms with Crippen molar-refractivity contribution in [1.29, 1.82) is 0 Å². The van der Waals surface area contributed by atoms with E-state index in [2.05, 4.69) is 20.6 Å². The molecule has 3 N–H and O–H groups in total. The topological polar surface area (TPSA) is 104 Å². The van der Waals surface area contributed by atoms with Crippen LogP contribution in [0.2, 0.25) is 0 Å². The van der Waals surface area contributed by atoms with Crippen LogP contribution in [-0.2, 0) is 16.0 Å². The molecule has 0 atom stereocenters. The highest BCUT2D eigenvalue weighted by Crippen LogP contribution is 2.21. The van der Waals surface area contributed by atoms with Gasteiger partial charge in [-0.25, -0.2) is 4.98 Å². The minimum absolute atomic E-state index is 0.0861. The number of aromatic nitrogens is 2. The number of thioether (sulfide) groups is 1. The Morgan fingerprint density at radius 2 is 1.93 bits per heavy atom. The van der Waals surface area contributed by atoms with Crippen LogP contribution in [0.5, 0.6) is 0 Å². The Kier molecular flexibility index (Phi) is 7.39. The number of carbonyl (C=O) groups excluding carboxylic acids is 2. The summed E-state index contributed by atoms with van der Waals surface area (Å²) in [7, 11) is 0. The van der Waals surface area contributed by atoms with E-state index in [0.29, 0.717) is 34.2 Å². The van der Waals surface area contributed by atoms with Crippen molar-refractivity contribution in [3.63, 3.8) is 0 Å². The Morgan fingerprint density at radius 3 is 2.54 bits per heavy atom. The summed E-state index contributed by atoms with van der Waals surface area (Å²) in [6, 6.07) is 5.37. The zero-order chi connectivity index (χ0) is 20.8. The van der Waals surface area contributed by atoms with Gasteiger partial charge in [-0.2, -0.15) is 0 Å². The highest BCUT2D eigenvalue weighted by atomic mass is 32.2. The van der Waals surface area contributed by atoms with Crippen LogP contribution in [0.3, 0.4) is 0 Å². The van der Waals surface area contributed by atoms with E-state index in [0.717, 1.165) is 5.56 Å². The van der Waals surface area contributed by atoms with E-state index in [1.54, 1.807) is 19.1 Å². The van der Waals surface area contributed by atoms with Gasteiger partial charge in [0.25, 0.3) is 5.56 Å². The average molecular weight is 403 g/mol. The first kappa shape index (κ1) is 21.7. The van der Waals surface area contributed by atoms with Crippen LogP contribution in [0, 0.1) is 19.8 Å². The molecular formula is C20H26N4O3S. The van der Waals surface area contributed by atoms with Gasteiger partial charge in [0, 0.05) is 35.0 Å². The molecule has 150 valence electrons. The summed E-state index contributed by atoms with van der Waals surface area (Å²) in [6.07, 6.45) is 2.30. The maximum absolute atomic E-state index is 12.4. The first-order valence-corrected chi connectivity index (χ1v) is 10.3. The van der Waals surface area contributed by atoms with Gasteiger partial charge in [0.05, 0.1) is 0 Å². The molecule has 0 spiro atoms. The number of hydrogen-bond acceptors (Lipinski definition) is 5. The summed E-state index contributed by atoms with van der Waals surface area (Å²) in [4.78, 5) is 43.4. The van der Waals surface area contributed by atoms with Crippen molar-refractivity contribution in [2.24, 2.45) is 5.92 Å². The summed E-state index contributed by atoms with van der Waals surface area (Å²) in [5.74, 6) is -0.424. The molecule has 0 fully saturated rings. The lowest BCUT2D eigenvalue weighted by Gasteiger charge is -2.13. The lowest BCUT2D eigenvalue weighted by atomic mass is 10.1. The number of nitrogens with one attached hydrogen (secondary N) is 3. The lowest BCUT2D eigenvalue weighted by Crippen LogP contribution is -2.20. The Hall–Kier alpha value is -2.61. The molecule has 0 aliphatic heterocycles. The molecule has 1 aromatic carbocycles. The van der Waals surface area contributed by atoms with Gasteiger partial charge >= 0.3 is 0 Å². The Balaban J connectivity index is 2.05. The standard InChI is InChI=1S/C20H26N4O3S/c1-11(2)18(26)22-14-7-6-12(3)16(10-14)23-17(25)9-8-15-13(4)21-20(28-5)24-19(15)27/h6-7,10-11H,8-9H2,1-5H3,(H,22,26)(H,23,25)(H,21,24,27). The fraction of sp³-hybridized carbons (Fsp3) is 0.400. The van der Waals surface area contributed by atoms with E-state index >= 15 is 0 Å². The van der Waals surface area contributed by atoms with Crippen molar-refractivity contribution in [2.45, 2.75) is 45.7 Å². The van der Waals surface area contributed by atoms with Gasteiger partial charge in [-0.1, -0.05) is 31.7 Å². The number of hydrogen-bond donors (Lipinski definition) is 3. The third-order valence-corrected chi connectivity index (χ3v) is 4.88. The molecule has 2 rings (SSSR count). The summed E-state index contributed by atoms with van der Waals surface area (Å²) >= 11 is 1.36. The van der Waals surface area contributed by atoms with E-state index in [1.165, 1.54) is 11.8 Å². The van der Waals surface area contributed by atoms with Crippen molar-refractivity contribution in [3.05, 3.63) is 45.4 Å². The Bertz CT molecular complexity index is 938. The fourth-order valence-electron chi connectivity index (χ4n) is 2.55. The molecule has 28 heavy (non-hydrogen) atoms. The fourth-order valence-corrected chi connectivity index (χ4v) is 2.97. The molecule has 0 aliphatic rings. The van der Waals surface area contributed by atoms with Crippen molar-refractivity contribution in [1.82, 2.24) is 9.97 Å². The lowest BCUT2D eigenvalue weighted by molar-refractivity contribution is -0.119. The molecule has 0 saturated heterocycles. The van der Waals surface area contributed by atoms with Gasteiger partial charge in [0.1, 0.15) is 0 Å². The number of benzene rings is 1. The van der Waals surface area contributed by atoms with Crippen molar-refractivity contribution < 1.29 is 9.59 Å². The monoisotopic (exact) mass is 402 g/mol. The second-order valence-corrected chi connectivity index (χ2v) is 7.66. The first-order chi connectivity index (χ1) is 13.2. The number of amides is 2. The van der Waals surface area contributed by atoms with Gasteiger partial charge in [-0.3, -0.25) is 14.4 Å². The largest absolute Gasteiger partial charge is 0.326 e. The highest BCUT2D eigenvalue weighted by molar-refractivity contribution is 7.98. The first-order valence-electron chi connectivity index (χ1n) is 9.06. The number of H-pyrrole nitrogens is 1. The predicted molar refractivity (Wildman–Crippen MR) is 113 cm³/mol. The maximum Gasteiger partial charge on any atom is 0.254 e. The number of carbonyl (C=O) groups is 2. The number of aromatic amines is 1. The van der Waals surface area contributed by atoms with Gasteiger partial charge in [-0.15, -0.1) is 0 Å². The number of anilines is 2. The number of aryl methyl sites for hydroxylation is 2. The van der Waals surface area contributed by atoms with Crippen LogP contribution >= 0.6 is 11.8 Å². The van der Waals surface area contributed by atoms with Crippen LogP contribution in [0.15, 0.2) is 28.2 Å². The summed E-state index contributed by atoms with van der Waals surface area (Å²) in [6.45, 7) is 7.28. The van der Waals surface area contributed by atoms with E-state index in [-0.39, 0.29) is 29.7 Å². The van der Waals surface area contributed by atoms with E-state index in [4.69, 9.17) is 0 Å². The third-order valence-electron chi connectivity index (χ3n) is 4.30. The third kappa shape index (κ3) is 5.69. The zero-order valence-corrected chi connectivity index (χ0v) is 17.6. The Labute approximate surface area is 168 Å². The van der Waals surface area contributed by atoms with Gasteiger partial charge in [0.2, 0.25) is 11.8 Å². The molecular weight excluding hydrogens is 376 g/mol. The molecule has 8 heteroatoms. The van der Waals surface area contributed by atoms with Crippen molar-refractivity contribution in [2.75, 3.05) is 16.9 Å². The summed E-state index contributed by atoms with van der Waals surface area (Å²) < 4.78 is 0. The van der Waals surface area contributed by atoms with Crippen LogP contribution in [0.25, 0.3) is 0 Å². The smallest absolute Gasteiger partial charge is 0.254 e. The summed E-state index contributed by atoms with van der Waals surface area (Å²) in [5.41, 5.74) is 3.09. The van der Waals surface area contributed by atoms with Gasteiger partial charge in [0.15, 0.2) is 5.16 Å². The van der Waals surface area contributed by atoms with E-state index < -0.39 is 0 Å². The highest BCUT2D eigenvalue weighted by Gasteiger charge is 2.13.